The molecule has 0 aliphatic heterocycles. The minimum Gasteiger partial charge on any atom is -0.464 e. The van der Waals surface area contributed by atoms with Crippen molar-refractivity contribution >= 4 is 5.97 Å². The van der Waals surface area contributed by atoms with E-state index >= 15 is 0 Å². The zero-order valence-corrected chi connectivity index (χ0v) is 11.8. The van der Waals surface area contributed by atoms with Crippen LogP contribution in [0.2, 0.25) is 0 Å². The lowest BCUT2D eigenvalue weighted by Gasteiger charge is -2.19. The van der Waals surface area contributed by atoms with Gasteiger partial charge in [0.25, 0.3) is 0 Å². The molecule has 5 heteroatoms. The van der Waals surface area contributed by atoms with Gasteiger partial charge < -0.3 is 14.6 Å². The van der Waals surface area contributed by atoms with E-state index in [-0.39, 0.29) is 12.0 Å². The summed E-state index contributed by atoms with van der Waals surface area (Å²) in [7, 11) is 0. The van der Waals surface area contributed by atoms with Crippen LogP contribution in [0.3, 0.4) is 0 Å². The van der Waals surface area contributed by atoms with Gasteiger partial charge in [0.05, 0.1) is 13.2 Å². The minimum absolute atomic E-state index is 0.157. The SMILES string of the molecule is CCCC(C(=O)OCC)n1ccnc1CNC1CC1. The molecular formula is C14H23N3O2. The largest absolute Gasteiger partial charge is 0.464 e. The molecule has 19 heavy (non-hydrogen) atoms. The van der Waals surface area contributed by atoms with E-state index in [9.17, 15) is 4.79 Å². The van der Waals surface area contributed by atoms with Crippen LogP contribution in [0.15, 0.2) is 12.4 Å². The number of hydrogen-bond acceptors (Lipinski definition) is 4. The topological polar surface area (TPSA) is 56.2 Å². The second-order valence-corrected chi connectivity index (χ2v) is 4.96. The van der Waals surface area contributed by atoms with Crippen molar-refractivity contribution in [3.8, 4) is 0 Å². The molecule has 1 aromatic rings. The van der Waals surface area contributed by atoms with Gasteiger partial charge >= 0.3 is 5.97 Å². The highest BCUT2D eigenvalue weighted by molar-refractivity contribution is 5.74. The van der Waals surface area contributed by atoms with Crippen molar-refractivity contribution in [2.24, 2.45) is 0 Å². The highest BCUT2D eigenvalue weighted by Crippen LogP contribution is 2.21. The molecule has 0 radical (unpaired) electrons. The third-order valence-electron chi connectivity index (χ3n) is 3.33. The van der Waals surface area contributed by atoms with Crippen LogP contribution in [0.25, 0.3) is 0 Å². The number of nitrogens with zero attached hydrogens (tertiary/aromatic N) is 2. The molecule has 2 rings (SSSR count). The molecule has 106 valence electrons. The van der Waals surface area contributed by atoms with Crippen LogP contribution in [-0.4, -0.2) is 28.2 Å². The van der Waals surface area contributed by atoms with Crippen LogP contribution in [0, 0.1) is 0 Å². The average Bonchev–Trinajstić information content (AvgIpc) is 3.12. The Kier molecular flexibility index (Phi) is 4.96. The molecule has 0 aromatic carbocycles. The molecule has 0 spiro atoms. The number of aromatic nitrogens is 2. The van der Waals surface area contributed by atoms with Crippen LogP contribution in [0.5, 0.6) is 0 Å². The van der Waals surface area contributed by atoms with Gasteiger partial charge in [-0.1, -0.05) is 13.3 Å². The number of nitrogens with one attached hydrogen (secondary N) is 1. The molecule has 0 saturated heterocycles. The first-order valence-electron chi connectivity index (χ1n) is 7.18. The molecule has 1 saturated carbocycles. The number of hydrogen-bond donors (Lipinski definition) is 1. The Morgan fingerprint density at radius 2 is 2.37 bits per heavy atom. The normalized spacial score (nSPS) is 16.3. The van der Waals surface area contributed by atoms with Crippen molar-refractivity contribution in [3.63, 3.8) is 0 Å². The Morgan fingerprint density at radius 3 is 3.00 bits per heavy atom. The number of esters is 1. The lowest BCUT2D eigenvalue weighted by Crippen LogP contribution is -2.26. The second-order valence-electron chi connectivity index (χ2n) is 4.96. The van der Waals surface area contributed by atoms with Gasteiger partial charge in [-0.05, 0) is 26.2 Å². The lowest BCUT2D eigenvalue weighted by atomic mass is 10.1. The molecule has 1 unspecified atom stereocenters. The molecule has 1 aliphatic carbocycles. The van der Waals surface area contributed by atoms with Crippen LogP contribution >= 0.6 is 0 Å². The highest BCUT2D eigenvalue weighted by atomic mass is 16.5. The van der Waals surface area contributed by atoms with Crippen LogP contribution in [0.4, 0.5) is 0 Å². The van der Waals surface area contributed by atoms with Crippen molar-refractivity contribution in [2.45, 2.75) is 58.2 Å². The monoisotopic (exact) mass is 265 g/mol. The Hall–Kier alpha value is -1.36. The van der Waals surface area contributed by atoms with E-state index in [1.54, 1.807) is 6.20 Å². The number of carbonyl (C=O) groups excluding carboxylic acids is 1. The maximum Gasteiger partial charge on any atom is 0.329 e. The summed E-state index contributed by atoms with van der Waals surface area (Å²) in [5.41, 5.74) is 0. The lowest BCUT2D eigenvalue weighted by molar-refractivity contribution is -0.147. The van der Waals surface area contributed by atoms with Crippen molar-refractivity contribution in [2.75, 3.05) is 6.61 Å². The quantitative estimate of drug-likeness (QED) is 0.731. The van der Waals surface area contributed by atoms with Gasteiger partial charge in [-0.3, -0.25) is 0 Å². The molecule has 1 aromatic heterocycles. The number of ether oxygens (including phenoxy) is 1. The molecule has 5 nitrogen and oxygen atoms in total. The Morgan fingerprint density at radius 1 is 1.58 bits per heavy atom. The number of imidazole rings is 1. The summed E-state index contributed by atoms with van der Waals surface area (Å²) in [4.78, 5) is 16.4. The average molecular weight is 265 g/mol. The second kappa shape index (κ2) is 6.70. The highest BCUT2D eigenvalue weighted by Gasteiger charge is 2.25. The molecule has 1 N–H and O–H groups in total. The van der Waals surface area contributed by atoms with E-state index in [0.29, 0.717) is 12.6 Å². The molecule has 1 atom stereocenters. The fourth-order valence-electron chi connectivity index (χ4n) is 2.17. The number of carbonyl (C=O) groups is 1. The van der Waals surface area contributed by atoms with E-state index in [0.717, 1.165) is 25.2 Å². The third-order valence-corrected chi connectivity index (χ3v) is 3.33. The maximum absolute atomic E-state index is 12.0. The van der Waals surface area contributed by atoms with E-state index < -0.39 is 0 Å². The van der Waals surface area contributed by atoms with Crippen LogP contribution in [0.1, 0.15) is 51.4 Å². The predicted molar refractivity (Wildman–Crippen MR) is 72.7 cm³/mol. The molecule has 1 heterocycles. The van der Waals surface area contributed by atoms with Crippen LogP contribution < -0.4 is 5.32 Å². The van der Waals surface area contributed by atoms with Crippen LogP contribution in [-0.2, 0) is 16.1 Å². The first kappa shape index (κ1) is 14.1. The summed E-state index contributed by atoms with van der Waals surface area (Å²) in [6.07, 6.45) is 7.85. The van der Waals surface area contributed by atoms with Gasteiger partial charge in [0, 0.05) is 18.4 Å². The molecule has 1 fully saturated rings. The van der Waals surface area contributed by atoms with E-state index in [2.05, 4.69) is 17.2 Å². The molecule has 0 bridgehead atoms. The van der Waals surface area contributed by atoms with Gasteiger partial charge in [-0.25, -0.2) is 9.78 Å². The van der Waals surface area contributed by atoms with Gasteiger partial charge in [-0.2, -0.15) is 0 Å². The van der Waals surface area contributed by atoms with Gasteiger partial charge in [-0.15, -0.1) is 0 Å². The van der Waals surface area contributed by atoms with Crippen molar-refractivity contribution in [3.05, 3.63) is 18.2 Å². The summed E-state index contributed by atoms with van der Waals surface area (Å²) >= 11 is 0. The number of rotatable bonds is 8. The maximum atomic E-state index is 12.0. The standard InChI is InChI=1S/C14H23N3O2/c1-3-5-12(14(18)19-4-2)17-9-8-15-13(17)10-16-11-6-7-11/h8-9,11-12,16H,3-7,10H2,1-2H3. The first-order chi connectivity index (χ1) is 9.26. The van der Waals surface area contributed by atoms with E-state index in [4.69, 9.17) is 4.74 Å². The fraction of sp³-hybridized carbons (Fsp3) is 0.714. The summed E-state index contributed by atoms with van der Waals surface area (Å²) in [6.45, 7) is 5.05. The smallest absolute Gasteiger partial charge is 0.329 e. The van der Waals surface area contributed by atoms with Crippen molar-refractivity contribution in [1.82, 2.24) is 14.9 Å². The van der Waals surface area contributed by atoms with Crippen molar-refractivity contribution in [1.29, 1.82) is 0 Å². The zero-order valence-electron chi connectivity index (χ0n) is 11.8. The summed E-state index contributed by atoms with van der Waals surface area (Å²) in [5.74, 6) is 0.758. The summed E-state index contributed by atoms with van der Waals surface area (Å²) < 4.78 is 7.12. The summed E-state index contributed by atoms with van der Waals surface area (Å²) in [6, 6.07) is 0.390. The Labute approximate surface area is 114 Å². The molecule has 1 aliphatic rings. The molecule has 0 amide bonds. The van der Waals surface area contributed by atoms with E-state index in [1.165, 1.54) is 12.8 Å². The van der Waals surface area contributed by atoms with Gasteiger partial charge in [0.2, 0.25) is 0 Å². The van der Waals surface area contributed by atoms with Gasteiger partial charge in [0.15, 0.2) is 0 Å². The van der Waals surface area contributed by atoms with Crippen molar-refractivity contribution < 1.29 is 9.53 Å². The summed E-state index contributed by atoms with van der Waals surface area (Å²) in [5, 5.41) is 3.43. The van der Waals surface area contributed by atoms with Gasteiger partial charge in [0.1, 0.15) is 11.9 Å². The zero-order chi connectivity index (χ0) is 13.7. The molecular weight excluding hydrogens is 242 g/mol. The Bertz CT molecular complexity index is 413. The first-order valence-corrected chi connectivity index (χ1v) is 7.18. The predicted octanol–water partition coefficient (Wildman–Crippen LogP) is 2.04. The minimum atomic E-state index is -0.247. The third kappa shape index (κ3) is 3.80. The van der Waals surface area contributed by atoms with E-state index in [1.807, 2.05) is 17.7 Å². The Balaban J connectivity index is 2.06. The fourth-order valence-corrected chi connectivity index (χ4v) is 2.17.